The Morgan fingerprint density at radius 1 is 1.48 bits per heavy atom. The molecule has 0 spiro atoms. The molecule has 0 atom stereocenters. The summed E-state index contributed by atoms with van der Waals surface area (Å²) in [6, 6.07) is 0. The van der Waals surface area contributed by atoms with Crippen LogP contribution >= 0.6 is 23.6 Å². The van der Waals surface area contributed by atoms with Crippen LogP contribution in [0, 0.1) is 4.77 Å². The average Bonchev–Trinajstić information content (AvgIpc) is 3.13. The van der Waals surface area contributed by atoms with Crippen LogP contribution in [0.1, 0.15) is 22.7 Å². The van der Waals surface area contributed by atoms with Crippen molar-refractivity contribution in [1.29, 1.82) is 0 Å². The quantitative estimate of drug-likeness (QED) is 0.749. The van der Waals surface area contributed by atoms with E-state index in [-0.39, 0.29) is 5.56 Å². The molecule has 0 radical (unpaired) electrons. The third kappa shape index (κ3) is 2.06. The van der Waals surface area contributed by atoms with Gasteiger partial charge < -0.3 is 9.51 Å². The summed E-state index contributed by atoms with van der Waals surface area (Å²) in [7, 11) is 0. The van der Waals surface area contributed by atoms with E-state index in [0.717, 1.165) is 29.5 Å². The lowest BCUT2D eigenvalue weighted by Gasteiger charge is -2.05. The predicted molar refractivity (Wildman–Crippen MR) is 81.3 cm³/mol. The molecule has 1 aliphatic rings. The zero-order chi connectivity index (χ0) is 14.4. The first kappa shape index (κ1) is 12.9. The number of thiophene rings is 1. The minimum Gasteiger partial charge on any atom is -0.343 e. The first-order valence-electron chi connectivity index (χ1n) is 6.76. The third-order valence-electron chi connectivity index (χ3n) is 3.81. The summed E-state index contributed by atoms with van der Waals surface area (Å²) in [5.74, 6) is 0.576. The van der Waals surface area contributed by atoms with E-state index in [1.165, 1.54) is 16.8 Å². The highest BCUT2D eigenvalue weighted by Crippen LogP contribution is 2.34. The molecule has 0 unspecified atom stereocenters. The van der Waals surface area contributed by atoms with Crippen LogP contribution < -0.4 is 5.56 Å². The number of aromatic nitrogens is 4. The Bertz CT molecular complexity index is 920. The zero-order valence-electron chi connectivity index (χ0n) is 11.1. The second kappa shape index (κ2) is 4.88. The molecule has 1 N–H and O–H groups in total. The molecule has 0 saturated heterocycles. The van der Waals surface area contributed by atoms with Gasteiger partial charge in [0, 0.05) is 17.8 Å². The summed E-state index contributed by atoms with van der Waals surface area (Å²) in [6.07, 6.45) is 4.99. The van der Waals surface area contributed by atoms with Crippen LogP contribution in [-0.2, 0) is 25.8 Å². The lowest BCUT2D eigenvalue weighted by molar-refractivity contribution is 0.408. The Hall–Kier alpha value is -1.80. The van der Waals surface area contributed by atoms with Crippen LogP contribution in [0.3, 0.4) is 0 Å². The van der Waals surface area contributed by atoms with Crippen molar-refractivity contribution in [2.75, 3.05) is 0 Å². The van der Waals surface area contributed by atoms with E-state index in [1.54, 1.807) is 15.9 Å². The summed E-state index contributed by atoms with van der Waals surface area (Å²) < 4.78 is 6.75. The van der Waals surface area contributed by atoms with E-state index < -0.39 is 0 Å². The van der Waals surface area contributed by atoms with Crippen molar-refractivity contribution < 1.29 is 4.52 Å². The molecule has 4 rings (SSSR count). The lowest BCUT2D eigenvalue weighted by Crippen LogP contribution is -2.23. The Kier molecular flexibility index (Phi) is 3.00. The first-order chi connectivity index (χ1) is 10.2. The predicted octanol–water partition coefficient (Wildman–Crippen LogP) is 2.23. The normalized spacial score (nSPS) is 13.9. The summed E-state index contributed by atoms with van der Waals surface area (Å²) in [4.78, 5) is 22.1. The van der Waals surface area contributed by atoms with Crippen molar-refractivity contribution in [2.24, 2.45) is 0 Å². The number of nitrogens with zero attached hydrogens (tertiary/aromatic N) is 3. The molecule has 3 aromatic rings. The highest BCUT2D eigenvalue weighted by Gasteiger charge is 2.21. The van der Waals surface area contributed by atoms with Gasteiger partial charge in [0.2, 0.25) is 6.39 Å². The van der Waals surface area contributed by atoms with E-state index in [0.29, 0.717) is 23.6 Å². The van der Waals surface area contributed by atoms with Gasteiger partial charge in [-0.1, -0.05) is 5.16 Å². The number of aromatic amines is 1. The molecule has 0 fully saturated rings. The van der Waals surface area contributed by atoms with Crippen molar-refractivity contribution in [3.63, 3.8) is 0 Å². The number of rotatable bonds is 3. The minimum atomic E-state index is -0.00311. The third-order valence-corrected chi connectivity index (χ3v) is 5.34. The van der Waals surface area contributed by atoms with Crippen LogP contribution in [0.2, 0.25) is 0 Å². The minimum absolute atomic E-state index is 0.00311. The highest BCUT2D eigenvalue weighted by molar-refractivity contribution is 7.71. The van der Waals surface area contributed by atoms with E-state index in [9.17, 15) is 4.79 Å². The van der Waals surface area contributed by atoms with Gasteiger partial charge in [-0.05, 0) is 37.0 Å². The summed E-state index contributed by atoms with van der Waals surface area (Å²) in [5.41, 5.74) is 1.20. The molecule has 108 valence electrons. The van der Waals surface area contributed by atoms with Gasteiger partial charge in [-0.15, -0.1) is 11.3 Å². The molecule has 0 aliphatic heterocycles. The molecule has 0 bridgehead atoms. The van der Waals surface area contributed by atoms with Crippen molar-refractivity contribution >= 4 is 33.8 Å². The molecule has 1 aliphatic carbocycles. The molecular weight excluding hydrogens is 308 g/mol. The monoisotopic (exact) mass is 320 g/mol. The lowest BCUT2D eigenvalue weighted by atomic mass is 10.2. The molecule has 6 nitrogen and oxygen atoms in total. The molecule has 0 amide bonds. The van der Waals surface area contributed by atoms with Crippen LogP contribution in [0.15, 0.2) is 15.7 Å². The fourth-order valence-electron chi connectivity index (χ4n) is 2.83. The van der Waals surface area contributed by atoms with E-state index in [1.807, 2.05) is 0 Å². The largest absolute Gasteiger partial charge is 0.343 e. The van der Waals surface area contributed by atoms with Crippen molar-refractivity contribution in [2.45, 2.75) is 32.2 Å². The molecule has 0 saturated carbocycles. The summed E-state index contributed by atoms with van der Waals surface area (Å²) in [5, 5.41) is 4.57. The van der Waals surface area contributed by atoms with Crippen molar-refractivity contribution in [3.8, 4) is 0 Å². The Morgan fingerprint density at radius 3 is 3.19 bits per heavy atom. The molecule has 8 heteroatoms. The van der Waals surface area contributed by atoms with Gasteiger partial charge in [-0.2, -0.15) is 4.98 Å². The van der Waals surface area contributed by atoms with E-state index in [2.05, 4.69) is 15.1 Å². The summed E-state index contributed by atoms with van der Waals surface area (Å²) >= 11 is 6.98. The van der Waals surface area contributed by atoms with Crippen LogP contribution in [0.25, 0.3) is 10.2 Å². The second-order valence-electron chi connectivity index (χ2n) is 5.05. The van der Waals surface area contributed by atoms with Crippen LogP contribution in [-0.4, -0.2) is 19.7 Å². The molecule has 21 heavy (non-hydrogen) atoms. The SMILES string of the molecule is O=c1c2c3c(sc2[nH]c(=S)n1CCc1ncon1)CCC3. The Labute approximate surface area is 128 Å². The van der Waals surface area contributed by atoms with Gasteiger partial charge in [0.25, 0.3) is 5.56 Å². The van der Waals surface area contributed by atoms with Crippen LogP contribution in [0.4, 0.5) is 0 Å². The van der Waals surface area contributed by atoms with E-state index in [4.69, 9.17) is 16.7 Å². The zero-order valence-corrected chi connectivity index (χ0v) is 12.7. The number of nitrogens with one attached hydrogen (secondary N) is 1. The maximum absolute atomic E-state index is 12.7. The van der Waals surface area contributed by atoms with Gasteiger partial charge in [0.15, 0.2) is 10.6 Å². The number of aryl methyl sites for hydroxylation is 3. The smallest absolute Gasteiger partial charge is 0.263 e. The topological polar surface area (TPSA) is 76.7 Å². The fourth-order valence-corrected chi connectivity index (χ4v) is 4.45. The maximum Gasteiger partial charge on any atom is 0.263 e. The van der Waals surface area contributed by atoms with Gasteiger partial charge in [0.1, 0.15) is 4.83 Å². The van der Waals surface area contributed by atoms with Crippen LogP contribution in [0.5, 0.6) is 0 Å². The maximum atomic E-state index is 12.7. The Balaban J connectivity index is 1.81. The average molecular weight is 320 g/mol. The number of H-pyrrole nitrogens is 1. The van der Waals surface area contributed by atoms with Gasteiger partial charge in [0.05, 0.1) is 5.39 Å². The number of hydrogen-bond donors (Lipinski definition) is 1. The highest BCUT2D eigenvalue weighted by atomic mass is 32.1. The molecule has 3 heterocycles. The Morgan fingerprint density at radius 2 is 2.38 bits per heavy atom. The first-order valence-corrected chi connectivity index (χ1v) is 7.99. The van der Waals surface area contributed by atoms with Crippen molar-refractivity contribution in [1.82, 2.24) is 19.7 Å². The number of fused-ring (bicyclic) bond motifs is 3. The van der Waals surface area contributed by atoms with Crippen molar-refractivity contribution in [3.05, 3.63) is 37.8 Å². The number of hydrogen-bond acceptors (Lipinski definition) is 6. The second-order valence-corrected chi connectivity index (χ2v) is 6.54. The van der Waals surface area contributed by atoms with Gasteiger partial charge in [-0.25, -0.2) is 0 Å². The van der Waals surface area contributed by atoms with Gasteiger partial charge in [-0.3, -0.25) is 9.36 Å². The molecule has 0 aromatic carbocycles. The summed E-state index contributed by atoms with van der Waals surface area (Å²) in [6.45, 7) is 0.453. The standard InChI is InChI=1S/C13H12N4O2S2/c18-12-10-7-2-1-3-8(7)21-11(10)15-13(20)17(12)5-4-9-14-6-19-16-9/h6H,1-5H2,(H,15,20). The fraction of sp³-hybridized carbons (Fsp3) is 0.385. The van der Waals surface area contributed by atoms with E-state index >= 15 is 0 Å². The molecule has 3 aromatic heterocycles. The van der Waals surface area contributed by atoms with Gasteiger partial charge >= 0.3 is 0 Å². The molecular formula is C13H12N4O2S2.